The summed E-state index contributed by atoms with van der Waals surface area (Å²) in [6.45, 7) is 4.25. The molecule has 3 heteroatoms. The minimum absolute atomic E-state index is 0.263. The summed E-state index contributed by atoms with van der Waals surface area (Å²) in [6.07, 6.45) is 1.11. The molecule has 0 saturated heterocycles. The minimum Gasteiger partial charge on any atom is -0.299 e. The van der Waals surface area contributed by atoms with Gasteiger partial charge in [0.1, 0.15) is 5.78 Å². The lowest BCUT2D eigenvalue weighted by Gasteiger charge is -2.25. The molecule has 2 rings (SSSR count). The molecule has 0 unspecified atom stereocenters. The number of ketones is 1. The Morgan fingerprint density at radius 2 is 2.54 bits per heavy atom. The van der Waals surface area contributed by atoms with E-state index in [-0.39, 0.29) is 5.78 Å². The number of nitrogens with zero attached hydrogens (tertiary/aromatic N) is 1. The van der Waals surface area contributed by atoms with Gasteiger partial charge in [0.05, 0.1) is 6.54 Å². The van der Waals surface area contributed by atoms with Crippen LogP contribution in [0.1, 0.15) is 17.4 Å². The van der Waals surface area contributed by atoms with Crippen LogP contribution in [0.5, 0.6) is 0 Å². The van der Waals surface area contributed by atoms with Crippen molar-refractivity contribution in [3.8, 4) is 0 Å². The van der Waals surface area contributed by atoms with E-state index in [1.54, 1.807) is 6.92 Å². The third-order valence-electron chi connectivity index (χ3n) is 2.33. The van der Waals surface area contributed by atoms with Gasteiger partial charge in [-0.3, -0.25) is 9.69 Å². The molecule has 70 valence electrons. The van der Waals surface area contributed by atoms with Gasteiger partial charge >= 0.3 is 0 Å². The number of hydrogen-bond donors (Lipinski definition) is 0. The van der Waals surface area contributed by atoms with Gasteiger partial charge in [-0.15, -0.1) is 11.3 Å². The van der Waals surface area contributed by atoms with E-state index < -0.39 is 0 Å². The zero-order valence-corrected chi connectivity index (χ0v) is 8.56. The summed E-state index contributed by atoms with van der Waals surface area (Å²) < 4.78 is 0. The average Bonchev–Trinajstić information content (AvgIpc) is 2.49. The molecule has 0 saturated carbocycles. The van der Waals surface area contributed by atoms with Gasteiger partial charge in [-0.25, -0.2) is 0 Å². The first-order valence-electron chi connectivity index (χ1n) is 4.53. The molecule has 0 fully saturated rings. The molecule has 1 aliphatic rings. The molecular formula is C10H13NOS. The first kappa shape index (κ1) is 8.91. The fourth-order valence-corrected chi connectivity index (χ4v) is 2.65. The summed E-state index contributed by atoms with van der Waals surface area (Å²) in [5.41, 5.74) is 1.41. The van der Waals surface area contributed by atoms with Crippen LogP contribution in [-0.4, -0.2) is 23.8 Å². The highest BCUT2D eigenvalue weighted by atomic mass is 32.1. The quantitative estimate of drug-likeness (QED) is 0.716. The number of rotatable bonds is 2. The van der Waals surface area contributed by atoms with E-state index in [2.05, 4.69) is 16.3 Å². The molecule has 1 aliphatic heterocycles. The van der Waals surface area contributed by atoms with Gasteiger partial charge in [0.2, 0.25) is 0 Å². The third-order valence-corrected chi connectivity index (χ3v) is 3.36. The van der Waals surface area contributed by atoms with Crippen LogP contribution in [0.15, 0.2) is 11.4 Å². The van der Waals surface area contributed by atoms with E-state index >= 15 is 0 Å². The molecule has 13 heavy (non-hydrogen) atoms. The maximum Gasteiger partial charge on any atom is 0.143 e. The Balaban J connectivity index is 2.04. The summed E-state index contributed by atoms with van der Waals surface area (Å²) in [7, 11) is 0. The van der Waals surface area contributed by atoms with Gasteiger partial charge < -0.3 is 0 Å². The highest BCUT2D eigenvalue weighted by Crippen LogP contribution is 2.23. The first-order valence-corrected chi connectivity index (χ1v) is 5.40. The Morgan fingerprint density at radius 3 is 3.31 bits per heavy atom. The zero-order valence-electron chi connectivity index (χ0n) is 7.75. The van der Waals surface area contributed by atoms with Gasteiger partial charge in [-0.05, 0) is 30.4 Å². The molecule has 0 atom stereocenters. The molecule has 2 nitrogen and oxygen atoms in total. The average molecular weight is 195 g/mol. The van der Waals surface area contributed by atoms with Crippen molar-refractivity contribution in [2.75, 3.05) is 13.1 Å². The van der Waals surface area contributed by atoms with Gasteiger partial charge in [-0.2, -0.15) is 0 Å². The molecule has 0 bridgehead atoms. The SMILES string of the molecule is CC(=O)CN1CCc2sccc2C1. The predicted octanol–water partition coefficient (Wildman–Crippen LogP) is 1.70. The van der Waals surface area contributed by atoms with Crippen LogP contribution in [0.4, 0.5) is 0 Å². The van der Waals surface area contributed by atoms with Crippen molar-refractivity contribution in [3.05, 3.63) is 21.9 Å². The van der Waals surface area contributed by atoms with Gasteiger partial charge in [0.15, 0.2) is 0 Å². The van der Waals surface area contributed by atoms with Crippen LogP contribution in [0, 0.1) is 0 Å². The Morgan fingerprint density at radius 1 is 1.69 bits per heavy atom. The number of Topliss-reactive ketones (excluding diaryl/α,β-unsaturated/α-hetero) is 1. The number of hydrogen-bond acceptors (Lipinski definition) is 3. The van der Waals surface area contributed by atoms with Crippen LogP contribution >= 0.6 is 11.3 Å². The van der Waals surface area contributed by atoms with Crippen LogP contribution in [0.25, 0.3) is 0 Å². The monoisotopic (exact) mass is 195 g/mol. The number of carbonyl (C=O) groups is 1. The number of thiophene rings is 1. The van der Waals surface area contributed by atoms with Gasteiger partial charge in [0.25, 0.3) is 0 Å². The lowest BCUT2D eigenvalue weighted by atomic mass is 10.1. The summed E-state index contributed by atoms with van der Waals surface area (Å²) in [5, 5.41) is 2.14. The fourth-order valence-electron chi connectivity index (χ4n) is 1.76. The van der Waals surface area contributed by atoms with Crippen molar-refractivity contribution in [1.82, 2.24) is 4.90 Å². The molecule has 0 aromatic carbocycles. The Hall–Kier alpha value is -0.670. The lowest BCUT2D eigenvalue weighted by molar-refractivity contribution is -0.118. The topological polar surface area (TPSA) is 20.3 Å². The third kappa shape index (κ3) is 1.98. The number of carbonyl (C=O) groups excluding carboxylic acids is 1. The highest BCUT2D eigenvalue weighted by molar-refractivity contribution is 7.10. The second-order valence-electron chi connectivity index (χ2n) is 3.53. The van der Waals surface area contributed by atoms with Crippen LogP contribution in [-0.2, 0) is 17.8 Å². The minimum atomic E-state index is 0.263. The summed E-state index contributed by atoms with van der Waals surface area (Å²) in [6, 6.07) is 2.17. The molecule has 1 aromatic heterocycles. The van der Waals surface area contributed by atoms with E-state index in [0.717, 1.165) is 19.5 Å². The standard InChI is InChI=1S/C10H13NOS/c1-8(12)6-11-4-2-10-9(7-11)3-5-13-10/h3,5H,2,4,6-7H2,1H3. The first-order chi connectivity index (χ1) is 6.25. The molecule has 1 aromatic rings. The maximum absolute atomic E-state index is 10.9. The molecule has 0 amide bonds. The van der Waals surface area contributed by atoms with Gasteiger partial charge in [-0.1, -0.05) is 0 Å². The summed E-state index contributed by atoms with van der Waals surface area (Å²) in [4.78, 5) is 14.6. The summed E-state index contributed by atoms with van der Waals surface area (Å²) >= 11 is 1.83. The van der Waals surface area contributed by atoms with Crippen molar-refractivity contribution >= 4 is 17.1 Å². The molecule has 0 radical (unpaired) electrons. The fraction of sp³-hybridized carbons (Fsp3) is 0.500. The predicted molar refractivity (Wildman–Crippen MR) is 54.0 cm³/mol. The molecule has 2 heterocycles. The Labute approximate surface area is 82.2 Å². The second-order valence-corrected chi connectivity index (χ2v) is 4.53. The molecule has 0 spiro atoms. The van der Waals surface area contributed by atoms with Crippen LogP contribution in [0.2, 0.25) is 0 Å². The van der Waals surface area contributed by atoms with E-state index in [4.69, 9.17) is 0 Å². The maximum atomic E-state index is 10.9. The Kier molecular flexibility index (Phi) is 2.47. The van der Waals surface area contributed by atoms with E-state index in [0.29, 0.717) is 6.54 Å². The van der Waals surface area contributed by atoms with Crippen molar-refractivity contribution in [3.63, 3.8) is 0 Å². The number of fused-ring (bicyclic) bond motifs is 1. The van der Waals surface area contributed by atoms with E-state index in [1.165, 1.54) is 10.4 Å². The van der Waals surface area contributed by atoms with E-state index in [1.807, 2.05) is 11.3 Å². The smallest absolute Gasteiger partial charge is 0.143 e. The largest absolute Gasteiger partial charge is 0.299 e. The van der Waals surface area contributed by atoms with Crippen molar-refractivity contribution < 1.29 is 4.79 Å². The van der Waals surface area contributed by atoms with Crippen LogP contribution in [0.3, 0.4) is 0 Å². The Bertz CT molecular complexity index is 318. The van der Waals surface area contributed by atoms with Crippen molar-refractivity contribution in [2.24, 2.45) is 0 Å². The van der Waals surface area contributed by atoms with Gasteiger partial charge in [0, 0.05) is 18.0 Å². The zero-order chi connectivity index (χ0) is 9.26. The van der Waals surface area contributed by atoms with Crippen LogP contribution < -0.4 is 0 Å². The molecule has 0 N–H and O–H groups in total. The highest BCUT2D eigenvalue weighted by Gasteiger charge is 2.17. The van der Waals surface area contributed by atoms with E-state index in [9.17, 15) is 4.79 Å². The molecule has 0 aliphatic carbocycles. The lowest BCUT2D eigenvalue weighted by Crippen LogP contribution is -2.33. The second kappa shape index (κ2) is 3.60. The van der Waals surface area contributed by atoms with Crippen molar-refractivity contribution in [2.45, 2.75) is 19.9 Å². The normalized spacial score (nSPS) is 17.0. The van der Waals surface area contributed by atoms with Crippen molar-refractivity contribution in [1.29, 1.82) is 0 Å². The summed E-state index contributed by atoms with van der Waals surface area (Å²) in [5.74, 6) is 0.263. The molecular weight excluding hydrogens is 182 g/mol.